The smallest absolute Gasteiger partial charge is 0.238 e. The van der Waals surface area contributed by atoms with Crippen molar-refractivity contribution < 1.29 is 4.79 Å². The summed E-state index contributed by atoms with van der Waals surface area (Å²) in [6, 6.07) is 8.28. The van der Waals surface area contributed by atoms with Gasteiger partial charge in [-0.15, -0.1) is 0 Å². The van der Waals surface area contributed by atoms with Crippen molar-refractivity contribution in [3.05, 3.63) is 29.8 Å². The standard InChI is InChI=1S/C16H25N3O/c1-12(2)13-5-7-15(8-6-13)18-16(20)11-19-9-3-4-14(17)10-19/h5-8,12,14H,3-4,9-11,17H2,1-2H3,(H,18,20)/t14-/m1/s1. The molecule has 0 spiro atoms. The predicted octanol–water partition coefficient (Wildman–Crippen LogP) is 2.17. The molecule has 4 nitrogen and oxygen atoms in total. The first-order valence-corrected chi connectivity index (χ1v) is 7.42. The molecule has 1 heterocycles. The lowest BCUT2D eigenvalue weighted by Crippen LogP contribution is -2.45. The number of nitrogens with one attached hydrogen (secondary N) is 1. The zero-order chi connectivity index (χ0) is 14.5. The van der Waals surface area contributed by atoms with Crippen LogP contribution < -0.4 is 11.1 Å². The normalized spacial score (nSPS) is 20.1. The second kappa shape index (κ2) is 6.86. The van der Waals surface area contributed by atoms with Gasteiger partial charge in [-0.05, 0) is 43.0 Å². The molecular weight excluding hydrogens is 250 g/mol. The largest absolute Gasteiger partial charge is 0.327 e. The summed E-state index contributed by atoms with van der Waals surface area (Å²) in [7, 11) is 0. The fourth-order valence-electron chi connectivity index (χ4n) is 2.59. The highest BCUT2D eigenvalue weighted by atomic mass is 16.2. The first-order chi connectivity index (χ1) is 9.54. The summed E-state index contributed by atoms with van der Waals surface area (Å²) in [5.74, 6) is 0.547. The minimum atomic E-state index is 0.0383. The van der Waals surface area contributed by atoms with Gasteiger partial charge < -0.3 is 11.1 Å². The SMILES string of the molecule is CC(C)c1ccc(NC(=O)CN2CCC[C@@H](N)C2)cc1. The molecule has 3 N–H and O–H groups in total. The van der Waals surface area contributed by atoms with Crippen LogP contribution in [0.5, 0.6) is 0 Å². The van der Waals surface area contributed by atoms with Gasteiger partial charge in [0.05, 0.1) is 6.54 Å². The monoisotopic (exact) mass is 275 g/mol. The van der Waals surface area contributed by atoms with Crippen LogP contribution in [0.15, 0.2) is 24.3 Å². The van der Waals surface area contributed by atoms with E-state index in [1.807, 2.05) is 12.1 Å². The molecule has 110 valence electrons. The maximum Gasteiger partial charge on any atom is 0.238 e. The number of carbonyl (C=O) groups is 1. The van der Waals surface area contributed by atoms with Crippen LogP contribution in [0.1, 0.15) is 38.2 Å². The Labute approximate surface area is 121 Å². The van der Waals surface area contributed by atoms with Crippen molar-refractivity contribution >= 4 is 11.6 Å². The molecule has 1 amide bonds. The number of anilines is 1. The van der Waals surface area contributed by atoms with Gasteiger partial charge in [-0.2, -0.15) is 0 Å². The van der Waals surface area contributed by atoms with Gasteiger partial charge in [-0.3, -0.25) is 9.69 Å². The highest BCUT2D eigenvalue weighted by Gasteiger charge is 2.18. The number of likely N-dealkylation sites (tertiary alicyclic amines) is 1. The van der Waals surface area contributed by atoms with E-state index >= 15 is 0 Å². The molecule has 2 rings (SSSR count). The highest BCUT2D eigenvalue weighted by Crippen LogP contribution is 2.17. The molecular formula is C16H25N3O. The Kier molecular flexibility index (Phi) is 5.15. The Morgan fingerprint density at radius 2 is 2.10 bits per heavy atom. The second-order valence-corrected chi connectivity index (χ2v) is 5.96. The van der Waals surface area contributed by atoms with Crippen LogP contribution in [0.2, 0.25) is 0 Å². The number of benzene rings is 1. The number of rotatable bonds is 4. The average molecular weight is 275 g/mol. The van der Waals surface area contributed by atoms with Gasteiger partial charge in [0.2, 0.25) is 5.91 Å². The van der Waals surface area contributed by atoms with Gasteiger partial charge >= 0.3 is 0 Å². The summed E-state index contributed by atoms with van der Waals surface area (Å²) in [5.41, 5.74) is 8.07. The van der Waals surface area contributed by atoms with Gasteiger partial charge in [-0.25, -0.2) is 0 Å². The molecule has 0 bridgehead atoms. The summed E-state index contributed by atoms with van der Waals surface area (Å²) in [6.07, 6.45) is 2.15. The molecule has 1 aliphatic heterocycles. The summed E-state index contributed by atoms with van der Waals surface area (Å²) in [6.45, 7) is 6.53. The Bertz CT molecular complexity index is 442. The van der Waals surface area contributed by atoms with Crippen molar-refractivity contribution in [1.82, 2.24) is 4.90 Å². The van der Waals surface area contributed by atoms with E-state index in [0.29, 0.717) is 12.5 Å². The van der Waals surface area contributed by atoms with E-state index in [-0.39, 0.29) is 11.9 Å². The van der Waals surface area contributed by atoms with E-state index in [0.717, 1.165) is 31.6 Å². The summed E-state index contributed by atoms with van der Waals surface area (Å²) in [4.78, 5) is 14.1. The van der Waals surface area contributed by atoms with Gasteiger partial charge in [0.25, 0.3) is 0 Å². The fraction of sp³-hybridized carbons (Fsp3) is 0.562. The van der Waals surface area contributed by atoms with Gasteiger partial charge in [0.1, 0.15) is 0 Å². The lowest BCUT2D eigenvalue weighted by molar-refractivity contribution is -0.117. The number of piperidine rings is 1. The third-order valence-corrected chi connectivity index (χ3v) is 3.77. The second-order valence-electron chi connectivity index (χ2n) is 5.96. The maximum atomic E-state index is 12.0. The van der Waals surface area contributed by atoms with Crippen LogP contribution in [-0.4, -0.2) is 36.5 Å². The Hall–Kier alpha value is -1.39. The van der Waals surface area contributed by atoms with E-state index in [2.05, 4.69) is 36.2 Å². The third kappa shape index (κ3) is 4.32. The van der Waals surface area contributed by atoms with Crippen LogP contribution >= 0.6 is 0 Å². The summed E-state index contributed by atoms with van der Waals surface area (Å²) < 4.78 is 0. The molecule has 0 aromatic heterocycles. The lowest BCUT2D eigenvalue weighted by atomic mass is 10.0. The summed E-state index contributed by atoms with van der Waals surface area (Å²) >= 11 is 0. The molecule has 0 radical (unpaired) electrons. The number of hydrogen-bond acceptors (Lipinski definition) is 3. The maximum absolute atomic E-state index is 12.0. The molecule has 1 aliphatic rings. The van der Waals surface area contributed by atoms with E-state index in [9.17, 15) is 4.79 Å². The van der Waals surface area contributed by atoms with E-state index < -0.39 is 0 Å². The van der Waals surface area contributed by atoms with Gasteiger partial charge in [0, 0.05) is 18.3 Å². The zero-order valence-electron chi connectivity index (χ0n) is 12.4. The van der Waals surface area contributed by atoms with Gasteiger partial charge in [0.15, 0.2) is 0 Å². The molecule has 1 fully saturated rings. The van der Waals surface area contributed by atoms with Crippen LogP contribution in [0.3, 0.4) is 0 Å². The van der Waals surface area contributed by atoms with Crippen LogP contribution in [-0.2, 0) is 4.79 Å². The van der Waals surface area contributed by atoms with Crippen molar-refractivity contribution in [2.75, 3.05) is 25.0 Å². The fourth-order valence-corrected chi connectivity index (χ4v) is 2.59. The Balaban J connectivity index is 1.84. The van der Waals surface area contributed by atoms with Crippen LogP contribution in [0, 0.1) is 0 Å². The molecule has 1 aromatic rings. The third-order valence-electron chi connectivity index (χ3n) is 3.77. The quantitative estimate of drug-likeness (QED) is 0.885. The average Bonchev–Trinajstić information content (AvgIpc) is 2.39. The molecule has 0 unspecified atom stereocenters. The minimum absolute atomic E-state index is 0.0383. The topological polar surface area (TPSA) is 58.4 Å². The number of nitrogens with two attached hydrogens (primary N) is 1. The number of hydrogen-bond donors (Lipinski definition) is 2. The van der Waals surface area contributed by atoms with Crippen molar-refractivity contribution in [3.8, 4) is 0 Å². The van der Waals surface area contributed by atoms with Gasteiger partial charge in [-0.1, -0.05) is 26.0 Å². The molecule has 0 aliphatic carbocycles. The predicted molar refractivity (Wildman–Crippen MR) is 82.8 cm³/mol. The van der Waals surface area contributed by atoms with E-state index in [4.69, 9.17) is 5.73 Å². The Morgan fingerprint density at radius 1 is 1.40 bits per heavy atom. The van der Waals surface area contributed by atoms with Crippen LogP contribution in [0.25, 0.3) is 0 Å². The summed E-state index contributed by atoms with van der Waals surface area (Å²) in [5, 5.41) is 2.95. The molecule has 4 heteroatoms. The number of nitrogens with zero attached hydrogens (tertiary/aromatic N) is 1. The van der Waals surface area contributed by atoms with Crippen molar-refractivity contribution in [3.63, 3.8) is 0 Å². The Morgan fingerprint density at radius 3 is 2.70 bits per heavy atom. The van der Waals surface area contributed by atoms with Crippen molar-refractivity contribution in [2.24, 2.45) is 5.73 Å². The zero-order valence-corrected chi connectivity index (χ0v) is 12.4. The molecule has 1 saturated heterocycles. The minimum Gasteiger partial charge on any atom is -0.327 e. The first kappa shape index (κ1) is 15.0. The van der Waals surface area contributed by atoms with Crippen molar-refractivity contribution in [2.45, 2.75) is 38.6 Å². The highest BCUT2D eigenvalue weighted by molar-refractivity contribution is 5.92. The molecule has 20 heavy (non-hydrogen) atoms. The van der Waals surface area contributed by atoms with Crippen molar-refractivity contribution in [1.29, 1.82) is 0 Å². The molecule has 1 aromatic carbocycles. The molecule has 1 atom stereocenters. The first-order valence-electron chi connectivity index (χ1n) is 7.42. The molecule has 0 saturated carbocycles. The lowest BCUT2D eigenvalue weighted by Gasteiger charge is -2.29. The number of carbonyl (C=O) groups excluding carboxylic acids is 1. The van der Waals surface area contributed by atoms with Crippen LogP contribution in [0.4, 0.5) is 5.69 Å². The number of amides is 1. The van der Waals surface area contributed by atoms with E-state index in [1.54, 1.807) is 0 Å². The van der Waals surface area contributed by atoms with E-state index in [1.165, 1.54) is 5.56 Å².